The van der Waals surface area contributed by atoms with Crippen molar-refractivity contribution in [1.29, 1.82) is 0 Å². The Balaban J connectivity index is 1.86. The van der Waals surface area contributed by atoms with Crippen LogP contribution in [-0.4, -0.2) is 89.4 Å². The zero-order valence-electron chi connectivity index (χ0n) is 26.2. The van der Waals surface area contributed by atoms with Gasteiger partial charge in [-0.2, -0.15) is 0 Å². The molecule has 0 radical (unpaired) electrons. The molecule has 1 aliphatic heterocycles. The van der Waals surface area contributed by atoms with Crippen LogP contribution in [0.25, 0.3) is 9.69 Å². The molecule has 0 spiro atoms. The van der Waals surface area contributed by atoms with Crippen molar-refractivity contribution >= 4 is 20.5 Å². The van der Waals surface area contributed by atoms with Crippen molar-refractivity contribution in [1.82, 2.24) is 24.9 Å². The fourth-order valence-corrected chi connectivity index (χ4v) is 6.33. The summed E-state index contributed by atoms with van der Waals surface area (Å²) in [5, 5.41) is 5.31. The number of ether oxygens (including phenoxy) is 2. The first-order chi connectivity index (χ1) is 20.9. The number of hydrogen-bond donors (Lipinski definition) is 3. The van der Waals surface area contributed by atoms with E-state index < -0.39 is 50.4 Å². The quantitative estimate of drug-likeness (QED) is 0.133. The van der Waals surface area contributed by atoms with Crippen LogP contribution in [0.3, 0.4) is 0 Å². The lowest BCUT2D eigenvalue weighted by molar-refractivity contribution is -0.122. The number of nitrogens with zero attached hydrogens (tertiary/aromatic N) is 4. The Morgan fingerprint density at radius 3 is 2.48 bits per heavy atom. The average molecular weight is 638 g/mol. The maximum absolute atomic E-state index is 12.7. The summed E-state index contributed by atoms with van der Waals surface area (Å²) >= 11 is 0. The van der Waals surface area contributed by atoms with Gasteiger partial charge in [0.2, 0.25) is 19.0 Å². The van der Waals surface area contributed by atoms with E-state index in [2.05, 4.69) is 25.3 Å². The lowest BCUT2D eigenvalue weighted by Gasteiger charge is -2.36. The topological polar surface area (TPSA) is 162 Å². The van der Waals surface area contributed by atoms with Crippen LogP contribution >= 0.6 is 8.53 Å². The van der Waals surface area contributed by atoms with E-state index in [-0.39, 0.29) is 63.6 Å². The third-order valence-corrected chi connectivity index (χ3v) is 8.80. The van der Waals surface area contributed by atoms with E-state index in [1.54, 1.807) is 6.92 Å². The summed E-state index contributed by atoms with van der Waals surface area (Å²) in [6, 6.07) is 0.153. The molecule has 0 saturated carbocycles. The number of amides is 2. The normalized spacial score (nSPS) is 19.4. The summed E-state index contributed by atoms with van der Waals surface area (Å²) in [6.07, 6.45) is -1.06. The minimum absolute atomic E-state index is 0.0408. The van der Waals surface area contributed by atoms with Gasteiger partial charge in [-0.25, -0.2) is 27.4 Å². The van der Waals surface area contributed by atoms with Crippen molar-refractivity contribution < 1.29 is 28.1 Å². The lowest BCUT2D eigenvalue weighted by Crippen LogP contribution is -2.39. The molecule has 0 bridgehead atoms. The molecule has 0 aliphatic carbocycles. The smallest absolute Gasteiger partial charge is 0.407 e. The van der Waals surface area contributed by atoms with Crippen LogP contribution in [0.15, 0.2) is 15.8 Å². The van der Waals surface area contributed by atoms with Crippen LogP contribution in [0.1, 0.15) is 65.7 Å². The van der Waals surface area contributed by atoms with Gasteiger partial charge in [-0.15, -0.1) is 0 Å². The second kappa shape index (κ2) is 18.5. The standard InChI is InChI=1S/C28H44N7O8P/c1-9-22-23(15-25(41-22)34-17-20(6)26(37)33-27(34)38)42-28(39)32-11-10-31-24(36)14-21(16-30-8)43-44(40-13-12-29-7)35(18(2)3)19(4)5/h17-19,21-23,25H,9-16H2,1-6H3,(H,31,36)(H,32,39)(H,33,37,38)/t21?,22-,23?,25-,44?/m1/s1. The number of H-pyrrole nitrogens is 1. The molecule has 1 aromatic heterocycles. The SMILES string of the molecule is [C-]#[N+]CCOP(OC(C[N+]#[C-])CC(=O)NCCNC(=O)OC1C[C@H](n2cc(C)c(=O)[nH]c2=O)O[C@@H]1CC)N(C(C)C)C(C)C. The third-order valence-electron chi connectivity index (χ3n) is 6.61. The van der Waals surface area contributed by atoms with Crippen LogP contribution in [0.4, 0.5) is 4.79 Å². The first-order valence-electron chi connectivity index (χ1n) is 14.6. The van der Waals surface area contributed by atoms with Gasteiger partial charge in [0, 0.05) is 43.4 Å². The first-order valence-corrected chi connectivity index (χ1v) is 15.8. The van der Waals surface area contributed by atoms with Crippen LogP contribution in [0.2, 0.25) is 0 Å². The molecule has 16 heteroatoms. The van der Waals surface area contributed by atoms with Gasteiger partial charge in [0.05, 0.1) is 12.5 Å². The summed E-state index contributed by atoms with van der Waals surface area (Å²) in [7, 11) is -1.61. The van der Waals surface area contributed by atoms with Crippen LogP contribution in [-0.2, 0) is 23.3 Å². The number of alkyl carbamates (subject to hydrolysis) is 1. The zero-order chi connectivity index (χ0) is 32.8. The molecule has 1 saturated heterocycles. The Bertz CT molecular complexity index is 1280. The van der Waals surface area contributed by atoms with Gasteiger partial charge in [0.15, 0.2) is 0 Å². The Hall–Kier alpha value is -3.33. The van der Waals surface area contributed by atoms with Crippen molar-refractivity contribution in [2.75, 3.05) is 32.8 Å². The van der Waals surface area contributed by atoms with Gasteiger partial charge >= 0.3 is 11.8 Å². The summed E-state index contributed by atoms with van der Waals surface area (Å²) in [5.41, 5.74) is -0.719. The fraction of sp³-hybridized carbons (Fsp3) is 0.714. The molecule has 5 atom stereocenters. The number of rotatable bonds is 17. The largest absolute Gasteiger partial charge is 0.443 e. The van der Waals surface area contributed by atoms with E-state index in [9.17, 15) is 19.2 Å². The van der Waals surface area contributed by atoms with E-state index in [1.165, 1.54) is 10.8 Å². The average Bonchev–Trinajstić information content (AvgIpc) is 3.35. The molecule has 15 nitrogen and oxygen atoms in total. The summed E-state index contributed by atoms with van der Waals surface area (Å²) < 4.78 is 26.8. The van der Waals surface area contributed by atoms with E-state index in [0.29, 0.717) is 12.0 Å². The molecule has 2 rings (SSSR count). The highest BCUT2D eigenvalue weighted by Crippen LogP contribution is 2.47. The predicted molar refractivity (Wildman–Crippen MR) is 164 cm³/mol. The molecule has 1 aliphatic rings. The monoisotopic (exact) mass is 637 g/mol. The highest BCUT2D eigenvalue weighted by Gasteiger charge is 2.38. The van der Waals surface area contributed by atoms with E-state index >= 15 is 0 Å². The maximum Gasteiger partial charge on any atom is 0.407 e. The molecule has 1 fully saturated rings. The molecule has 0 aromatic carbocycles. The third kappa shape index (κ3) is 11.3. The van der Waals surface area contributed by atoms with Gasteiger partial charge in [-0.1, -0.05) is 6.92 Å². The van der Waals surface area contributed by atoms with Gasteiger partial charge < -0.3 is 38.8 Å². The van der Waals surface area contributed by atoms with Crippen molar-refractivity contribution in [3.8, 4) is 0 Å². The Morgan fingerprint density at radius 1 is 1.18 bits per heavy atom. The molecular formula is C28H44N7O8P. The van der Waals surface area contributed by atoms with Gasteiger partial charge in [-0.3, -0.25) is 19.1 Å². The maximum atomic E-state index is 12.7. The van der Waals surface area contributed by atoms with Gasteiger partial charge in [0.25, 0.3) is 14.1 Å². The van der Waals surface area contributed by atoms with Gasteiger partial charge in [-0.05, 0) is 41.0 Å². The summed E-state index contributed by atoms with van der Waals surface area (Å²) in [5.74, 6) is -0.356. The zero-order valence-corrected chi connectivity index (χ0v) is 27.1. The Morgan fingerprint density at radius 2 is 1.86 bits per heavy atom. The highest BCUT2D eigenvalue weighted by molar-refractivity contribution is 7.44. The van der Waals surface area contributed by atoms with Crippen molar-refractivity contribution in [2.45, 2.75) is 97.4 Å². The van der Waals surface area contributed by atoms with Gasteiger partial charge in [0.1, 0.15) is 25.0 Å². The van der Waals surface area contributed by atoms with Crippen molar-refractivity contribution in [3.05, 3.63) is 55.4 Å². The highest BCUT2D eigenvalue weighted by atomic mass is 31.2. The molecule has 3 N–H and O–H groups in total. The Labute approximate surface area is 259 Å². The van der Waals surface area contributed by atoms with Crippen LogP contribution in [0, 0.1) is 20.1 Å². The molecule has 2 amide bonds. The van der Waals surface area contributed by atoms with Crippen molar-refractivity contribution in [2.24, 2.45) is 0 Å². The second-order valence-corrected chi connectivity index (χ2v) is 12.2. The number of carbonyl (C=O) groups excluding carboxylic acids is 2. The number of nitrogens with one attached hydrogen (secondary N) is 3. The van der Waals surface area contributed by atoms with Crippen LogP contribution < -0.4 is 21.9 Å². The van der Waals surface area contributed by atoms with E-state index in [1.807, 2.05) is 39.3 Å². The lowest BCUT2D eigenvalue weighted by atomic mass is 10.1. The molecule has 1 aromatic rings. The predicted octanol–water partition coefficient (Wildman–Crippen LogP) is 2.73. The molecule has 44 heavy (non-hydrogen) atoms. The summed E-state index contributed by atoms with van der Waals surface area (Å²) in [6.45, 7) is 26.3. The number of aromatic nitrogens is 2. The van der Waals surface area contributed by atoms with Crippen molar-refractivity contribution in [3.63, 3.8) is 0 Å². The number of aromatic amines is 1. The fourth-order valence-electron chi connectivity index (χ4n) is 4.64. The first kappa shape index (κ1) is 36.9. The number of carbonyl (C=O) groups is 2. The minimum Gasteiger partial charge on any atom is -0.443 e. The Kier molecular flexibility index (Phi) is 15.5. The van der Waals surface area contributed by atoms with E-state index in [4.69, 9.17) is 31.7 Å². The molecule has 3 unspecified atom stereocenters. The second-order valence-electron chi connectivity index (χ2n) is 10.8. The minimum atomic E-state index is -1.61. The molecule has 244 valence electrons. The number of hydrogen-bond acceptors (Lipinski definition) is 9. The van der Waals surface area contributed by atoms with Crippen LogP contribution in [0.5, 0.6) is 0 Å². The number of aryl methyl sites for hydroxylation is 1. The summed E-state index contributed by atoms with van der Waals surface area (Å²) in [4.78, 5) is 58.1. The van der Waals surface area contributed by atoms with E-state index in [0.717, 1.165) is 0 Å². The molecule has 2 heterocycles. The molecular weight excluding hydrogens is 593 g/mol.